The Morgan fingerprint density at radius 1 is 1.36 bits per heavy atom. The molecule has 5 aliphatic heterocycles. The average molecular weight is 580 g/mol. The number of fused-ring (bicyclic) bond motifs is 3. The van der Waals surface area contributed by atoms with Crippen molar-refractivity contribution < 1.29 is 43.4 Å². The third kappa shape index (κ3) is 4.72. The van der Waals surface area contributed by atoms with Crippen molar-refractivity contribution in [2.45, 2.75) is 45.2 Å². The summed E-state index contributed by atoms with van der Waals surface area (Å²) in [6.07, 6.45) is 7.10. The summed E-state index contributed by atoms with van der Waals surface area (Å²) in [7, 11) is 1.57. The number of guanidine groups is 1. The molecule has 0 bridgehead atoms. The summed E-state index contributed by atoms with van der Waals surface area (Å²) in [6.45, 7) is 6.06. The van der Waals surface area contributed by atoms with Crippen LogP contribution in [0.3, 0.4) is 0 Å². The summed E-state index contributed by atoms with van der Waals surface area (Å²) < 4.78 is 23.2. The summed E-state index contributed by atoms with van der Waals surface area (Å²) in [4.78, 5) is 35.5. The number of esters is 1. The largest absolute Gasteiger partial charge is 0.496 e. The number of aliphatic imine (C=N–C) groups is 2. The van der Waals surface area contributed by atoms with E-state index in [1.807, 2.05) is 18.5 Å². The molecule has 220 valence electrons. The van der Waals surface area contributed by atoms with Crippen molar-refractivity contribution in [1.82, 2.24) is 10.6 Å². The van der Waals surface area contributed by atoms with Crippen LogP contribution in [0.25, 0.3) is 5.57 Å². The number of allylic oxidation sites excluding steroid dienone is 2. The molecule has 0 aliphatic carbocycles. The van der Waals surface area contributed by atoms with Crippen molar-refractivity contribution in [3.63, 3.8) is 0 Å². The fourth-order valence-corrected chi connectivity index (χ4v) is 5.63. The number of carbonyl (C=O) groups is 2. The zero-order chi connectivity index (χ0) is 29.8. The first-order valence-corrected chi connectivity index (χ1v) is 13.7. The number of hydrogen-bond acceptors (Lipinski definition) is 10. The predicted octanol–water partition coefficient (Wildman–Crippen LogP) is -2.00. The molecular formula is C28H33N7O7+2. The molecule has 42 heavy (non-hydrogen) atoms. The molecule has 1 amide bonds. The first-order chi connectivity index (χ1) is 20.1. The Morgan fingerprint density at radius 2 is 2.17 bits per heavy atom. The highest BCUT2D eigenvalue weighted by Gasteiger charge is 2.46. The molecule has 0 saturated carbocycles. The van der Waals surface area contributed by atoms with Gasteiger partial charge < -0.3 is 24.1 Å². The Balaban J connectivity index is 1.34. The third-order valence-corrected chi connectivity index (χ3v) is 7.67. The van der Waals surface area contributed by atoms with Crippen LogP contribution in [0.1, 0.15) is 31.9 Å². The molecule has 1 aromatic rings. The van der Waals surface area contributed by atoms with Gasteiger partial charge in [-0.3, -0.25) is 20.8 Å². The SMILES string of the molecule is CCOC(=O)C1=C/C(=C\C[NH+]2C=CNC2[NH+]2CN=C3C(=O)NC(=N)N=C32)c2c(cc3c(c2OC)C[C@@H](C(C)(C)O)O3)O1. The number of rotatable bonds is 7. The summed E-state index contributed by atoms with van der Waals surface area (Å²) in [5, 5.41) is 24.2. The third-order valence-electron chi connectivity index (χ3n) is 7.67. The maximum Gasteiger partial charge on any atom is 0.374 e. The van der Waals surface area contributed by atoms with Gasteiger partial charge >= 0.3 is 12.3 Å². The second kappa shape index (κ2) is 10.4. The number of methoxy groups -OCH3 is 1. The number of nitrogens with zero attached hydrogens (tertiary/aromatic N) is 2. The molecule has 1 aromatic carbocycles. The summed E-state index contributed by atoms with van der Waals surface area (Å²) in [6, 6.07) is 1.72. The number of nitrogens with one attached hydrogen (secondary N) is 5. The number of quaternary nitrogens is 2. The Bertz CT molecular complexity index is 1540. The molecule has 14 heteroatoms. The van der Waals surface area contributed by atoms with Gasteiger partial charge in [0.15, 0.2) is 6.67 Å². The molecule has 6 rings (SSSR count). The van der Waals surface area contributed by atoms with Gasteiger partial charge in [0.25, 0.3) is 11.7 Å². The van der Waals surface area contributed by atoms with Crippen molar-refractivity contribution in [1.29, 1.82) is 5.41 Å². The van der Waals surface area contributed by atoms with Gasteiger partial charge in [-0.2, -0.15) is 9.89 Å². The van der Waals surface area contributed by atoms with E-state index in [0.29, 0.717) is 53.9 Å². The Hall–Kier alpha value is -4.53. The zero-order valence-electron chi connectivity index (χ0n) is 23.7. The van der Waals surface area contributed by atoms with E-state index >= 15 is 0 Å². The lowest BCUT2D eigenvalue weighted by Crippen LogP contribution is -3.36. The molecule has 5 heterocycles. The second-order valence-corrected chi connectivity index (χ2v) is 10.9. The molecule has 5 aliphatic rings. The molecule has 0 radical (unpaired) electrons. The number of hydrogen-bond donors (Lipinski definition) is 6. The topological polar surface area (TPSA) is 173 Å². The summed E-state index contributed by atoms with van der Waals surface area (Å²) >= 11 is 0. The van der Waals surface area contributed by atoms with Crippen LogP contribution in [0.2, 0.25) is 0 Å². The number of ether oxygens (including phenoxy) is 4. The monoisotopic (exact) mass is 579 g/mol. The predicted molar refractivity (Wildman–Crippen MR) is 149 cm³/mol. The van der Waals surface area contributed by atoms with E-state index in [9.17, 15) is 14.7 Å². The highest BCUT2D eigenvalue weighted by atomic mass is 16.6. The van der Waals surface area contributed by atoms with Gasteiger partial charge in [0.1, 0.15) is 36.1 Å². The minimum atomic E-state index is -1.09. The van der Waals surface area contributed by atoms with Gasteiger partial charge in [-0.25, -0.2) is 14.7 Å². The average Bonchev–Trinajstić information content (AvgIpc) is 3.68. The molecule has 6 N–H and O–H groups in total. The van der Waals surface area contributed by atoms with Crippen LogP contribution < -0.4 is 34.6 Å². The van der Waals surface area contributed by atoms with Crippen molar-refractivity contribution >= 4 is 35.0 Å². The minimum absolute atomic E-state index is 0.0283. The van der Waals surface area contributed by atoms with Crippen LogP contribution in [0.5, 0.6) is 17.2 Å². The molecular weight excluding hydrogens is 546 g/mol. The van der Waals surface area contributed by atoms with Crippen LogP contribution in [-0.4, -0.2) is 79.4 Å². The molecule has 0 saturated heterocycles. The molecule has 0 spiro atoms. The fourth-order valence-electron chi connectivity index (χ4n) is 5.63. The Morgan fingerprint density at radius 3 is 2.90 bits per heavy atom. The van der Waals surface area contributed by atoms with Crippen LogP contribution in [0, 0.1) is 5.41 Å². The maximum atomic E-state index is 12.8. The van der Waals surface area contributed by atoms with Gasteiger partial charge in [-0.05, 0) is 38.5 Å². The van der Waals surface area contributed by atoms with E-state index < -0.39 is 23.6 Å². The standard InChI is InChI=1S/C28H31N7O7/c1-5-40-25(37)18-10-14(20-17(41-18)12-16-15(22(20)39-4)11-19(42-16)28(2,3)38)6-8-34-9-7-30-27(34)35-13-31-21-23(35)32-26(29)33-24(21)36/h6-7,9-10,12,19,27,30,38H,5,8,11,13H2,1-4H3,(H2,29,33,36)/p+2/b14-6+/t19-,27?/m0/s1. The van der Waals surface area contributed by atoms with Crippen LogP contribution in [0.15, 0.2) is 46.4 Å². The van der Waals surface area contributed by atoms with Gasteiger partial charge in [0, 0.05) is 18.1 Å². The van der Waals surface area contributed by atoms with Crippen LogP contribution >= 0.6 is 0 Å². The van der Waals surface area contributed by atoms with Gasteiger partial charge in [-0.15, -0.1) is 0 Å². The van der Waals surface area contributed by atoms with Crippen molar-refractivity contribution in [2.75, 3.05) is 26.9 Å². The fraction of sp³-hybridized carbons (Fsp3) is 0.393. The zero-order valence-corrected chi connectivity index (χ0v) is 23.7. The number of amides is 1. The molecule has 0 aromatic heterocycles. The quantitative estimate of drug-likeness (QED) is 0.201. The van der Waals surface area contributed by atoms with Gasteiger partial charge in [0.2, 0.25) is 17.4 Å². The number of aliphatic hydroxyl groups is 1. The van der Waals surface area contributed by atoms with E-state index in [2.05, 4.69) is 20.6 Å². The Kier molecular flexibility index (Phi) is 6.83. The lowest BCUT2D eigenvalue weighted by Gasteiger charge is -2.26. The first-order valence-electron chi connectivity index (χ1n) is 13.7. The van der Waals surface area contributed by atoms with E-state index in [-0.39, 0.29) is 30.3 Å². The van der Waals surface area contributed by atoms with Gasteiger partial charge in [0.05, 0.1) is 31.1 Å². The van der Waals surface area contributed by atoms with Crippen molar-refractivity contribution in [3.05, 3.63) is 47.5 Å². The lowest BCUT2D eigenvalue weighted by atomic mass is 9.92. The van der Waals surface area contributed by atoms with E-state index in [1.54, 1.807) is 40.0 Å². The number of carbonyl (C=O) groups excluding carboxylic acids is 2. The van der Waals surface area contributed by atoms with E-state index in [1.165, 1.54) is 0 Å². The molecule has 14 nitrogen and oxygen atoms in total. The summed E-state index contributed by atoms with van der Waals surface area (Å²) in [5.74, 6) is 0.662. The second-order valence-electron chi connectivity index (χ2n) is 10.9. The Labute approximate surface area is 241 Å². The molecule has 3 unspecified atom stereocenters. The summed E-state index contributed by atoms with van der Waals surface area (Å²) in [5.41, 5.74) is 1.31. The number of amidine groups is 1. The normalized spacial score (nSPS) is 26.6. The van der Waals surface area contributed by atoms with E-state index in [4.69, 9.17) is 24.4 Å². The van der Waals surface area contributed by atoms with Crippen molar-refractivity contribution in [3.8, 4) is 17.2 Å². The van der Waals surface area contributed by atoms with Crippen LogP contribution in [-0.2, 0) is 20.7 Å². The number of benzene rings is 1. The highest BCUT2D eigenvalue weighted by molar-refractivity contribution is 6.68. The molecule has 4 atom stereocenters. The first kappa shape index (κ1) is 27.6. The highest BCUT2D eigenvalue weighted by Crippen LogP contribution is 2.50. The van der Waals surface area contributed by atoms with Crippen LogP contribution in [0.4, 0.5) is 0 Å². The lowest BCUT2D eigenvalue weighted by molar-refractivity contribution is -1.05. The van der Waals surface area contributed by atoms with Crippen molar-refractivity contribution in [2.24, 2.45) is 9.98 Å². The van der Waals surface area contributed by atoms with E-state index in [0.717, 1.165) is 15.4 Å². The minimum Gasteiger partial charge on any atom is -0.496 e. The smallest absolute Gasteiger partial charge is 0.374 e. The maximum absolute atomic E-state index is 12.8. The molecule has 0 fully saturated rings. The van der Waals surface area contributed by atoms with Gasteiger partial charge in [-0.1, -0.05) is 0 Å².